The summed E-state index contributed by atoms with van der Waals surface area (Å²) < 4.78 is 29.6. The van der Waals surface area contributed by atoms with Crippen LogP contribution in [-0.2, 0) is 14.8 Å². The van der Waals surface area contributed by atoms with Crippen LogP contribution >= 0.6 is 11.6 Å². The number of hydrogen-bond donors (Lipinski definition) is 1. The molecule has 1 aromatic heterocycles. The van der Waals surface area contributed by atoms with Gasteiger partial charge >= 0.3 is 0 Å². The molecule has 0 unspecified atom stereocenters. The number of hydrogen-bond acceptors (Lipinski definition) is 4. The van der Waals surface area contributed by atoms with Gasteiger partial charge in [-0.25, -0.2) is 13.1 Å². The number of nitrogens with zero attached hydrogens (tertiary/aromatic N) is 3. The van der Waals surface area contributed by atoms with Gasteiger partial charge in [-0.15, -0.1) is 0 Å². The summed E-state index contributed by atoms with van der Waals surface area (Å²) >= 11 is 6.44. The average Bonchev–Trinajstić information content (AvgIpc) is 3.27. The molecule has 0 aliphatic rings. The van der Waals surface area contributed by atoms with Gasteiger partial charge in [0.1, 0.15) is 5.82 Å². The number of nitrogens with one attached hydrogen (secondary N) is 1. The van der Waals surface area contributed by atoms with Crippen molar-refractivity contribution in [1.29, 1.82) is 0 Å². The van der Waals surface area contributed by atoms with Crippen molar-refractivity contribution in [1.82, 2.24) is 14.1 Å². The lowest BCUT2D eigenvalue weighted by Crippen LogP contribution is -2.40. The van der Waals surface area contributed by atoms with Gasteiger partial charge in [0.05, 0.1) is 27.8 Å². The van der Waals surface area contributed by atoms with Gasteiger partial charge < -0.3 is 5.32 Å². The van der Waals surface area contributed by atoms with Crippen molar-refractivity contribution in [2.45, 2.75) is 25.7 Å². The fourth-order valence-electron chi connectivity index (χ4n) is 3.88. The third kappa shape index (κ3) is 6.28. The second-order valence-corrected chi connectivity index (χ2v) is 11.5. The predicted molar refractivity (Wildman–Crippen MR) is 147 cm³/mol. The molecule has 1 amide bonds. The Bertz CT molecular complexity index is 1480. The summed E-state index contributed by atoms with van der Waals surface area (Å²) in [7, 11) is -3.88. The van der Waals surface area contributed by atoms with E-state index in [9.17, 15) is 13.2 Å². The smallest absolute Gasteiger partial charge is 0.243 e. The lowest BCUT2D eigenvalue weighted by Gasteiger charge is -2.23. The largest absolute Gasteiger partial charge is 0.309 e. The second-order valence-electron chi connectivity index (χ2n) is 9.20. The Hall–Kier alpha value is -3.46. The summed E-state index contributed by atoms with van der Waals surface area (Å²) in [6.07, 6.45) is 0. The molecule has 0 saturated heterocycles. The second kappa shape index (κ2) is 11.3. The molecule has 0 aliphatic heterocycles. The van der Waals surface area contributed by atoms with Gasteiger partial charge in [-0.2, -0.15) is 9.40 Å². The van der Waals surface area contributed by atoms with Crippen molar-refractivity contribution in [3.05, 3.63) is 95.5 Å². The van der Waals surface area contributed by atoms with Crippen molar-refractivity contribution in [3.63, 3.8) is 0 Å². The highest BCUT2D eigenvalue weighted by Crippen LogP contribution is 2.28. The molecule has 9 heteroatoms. The van der Waals surface area contributed by atoms with Gasteiger partial charge in [0, 0.05) is 18.2 Å². The van der Waals surface area contributed by atoms with Crippen molar-refractivity contribution < 1.29 is 13.2 Å². The summed E-state index contributed by atoms with van der Waals surface area (Å²) in [4.78, 5) is 13.4. The minimum atomic E-state index is -3.88. The Balaban J connectivity index is 1.66. The van der Waals surface area contributed by atoms with E-state index in [2.05, 4.69) is 10.4 Å². The molecule has 0 atom stereocenters. The minimum Gasteiger partial charge on any atom is -0.309 e. The predicted octanol–water partition coefficient (Wildman–Crippen LogP) is 5.79. The quantitative estimate of drug-likeness (QED) is 0.293. The Morgan fingerprint density at radius 2 is 1.65 bits per heavy atom. The highest BCUT2D eigenvalue weighted by atomic mass is 35.5. The van der Waals surface area contributed by atoms with Crippen LogP contribution in [0.15, 0.2) is 89.8 Å². The van der Waals surface area contributed by atoms with Gasteiger partial charge in [-0.05, 0) is 37.1 Å². The number of rotatable bonds is 9. The summed E-state index contributed by atoms with van der Waals surface area (Å²) in [6, 6.07) is 25.1. The minimum absolute atomic E-state index is 0.0198. The van der Waals surface area contributed by atoms with Gasteiger partial charge in [-0.1, -0.05) is 85.6 Å². The lowest BCUT2D eigenvalue weighted by molar-refractivity contribution is -0.116. The van der Waals surface area contributed by atoms with Gasteiger partial charge in [-0.3, -0.25) is 4.79 Å². The number of anilines is 1. The Morgan fingerprint density at radius 3 is 2.30 bits per heavy atom. The summed E-state index contributed by atoms with van der Waals surface area (Å²) in [5, 5.41) is 8.00. The van der Waals surface area contributed by atoms with Crippen LogP contribution in [0.1, 0.15) is 19.4 Å². The average molecular weight is 537 g/mol. The monoisotopic (exact) mass is 536 g/mol. The maximum absolute atomic E-state index is 13.4. The van der Waals surface area contributed by atoms with E-state index in [1.807, 2.05) is 63.2 Å². The van der Waals surface area contributed by atoms with Crippen molar-refractivity contribution >= 4 is 33.3 Å². The van der Waals surface area contributed by atoms with E-state index in [4.69, 9.17) is 11.6 Å². The highest BCUT2D eigenvalue weighted by Gasteiger charge is 2.28. The first-order chi connectivity index (χ1) is 17.6. The third-order valence-corrected chi connectivity index (χ3v) is 7.82. The van der Waals surface area contributed by atoms with Crippen molar-refractivity contribution in [3.8, 4) is 16.9 Å². The molecule has 0 fully saturated rings. The molecule has 192 valence electrons. The van der Waals surface area contributed by atoms with E-state index in [1.54, 1.807) is 47.1 Å². The molecule has 0 saturated carbocycles. The highest BCUT2D eigenvalue weighted by molar-refractivity contribution is 7.89. The van der Waals surface area contributed by atoms with Crippen LogP contribution in [0.5, 0.6) is 0 Å². The number of para-hydroxylation sites is 1. The van der Waals surface area contributed by atoms with Crippen LogP contribution in [-0.4, -0.2) is 41.5 Å². The van der Waals surface area contributed by atoms with Crippen molar-refractivity contribution in [2.24, 2.45) is 5.92 Å². The number of aryl methyl sites for hydroxylation is 1. The lowest BCUT2D eigenvalue weighted by atomic mass is 10.1. The summed E-state index contributed by atoms with van der Waals surface area (Å²) in [5.41, 5.74) is 3.05. The number of carbonyl (C=O) groups excluding carboxylic acids is 1. The fraction of sp³-hybridized carbons (Fsp3) is 0.214. The van der Waals surface area contributed by atoms with E-state index in [0.29, 0.717) is 22.2 Å². The first-order valence-electron chi connectivity index (χ1n) is 11.9. The van der Waals surface area contributed by atoms with Crippen LogP contribution in [0.3, 0.4) is 0 Å². The first-order valence-corrected chi connectivity index (χ1v) is 13.7. The molecule has 4 aromatic rings. The number of benzene rings is 3. The van der Waals surface area contributed by atoms with E-state index in [1.165, 1.54) is 4.31 Å². The summed E-state index contributed by atoms with van der Waals surface area (Å²) in [5.74, 6) is -0.0790. The molecular formula is C28H29ClN4O3S. The molecule has 4 rings (SSSR count). The number of halogens is 1. The Kier molecular flexibility index (Phi) is 8.12. The van der Waals surface area contributed by atoms with E-state index in [0.717, 1.165) is 11.1 Å². The number of carbonyl (C=O) groups is 1. The van der Waals surface area contributed by atoms with Crippen molar-refractivity contribution in [2.75, 3.05) is 18.4 Å². The topological polar surface area (TPSA) is 84.3 Å². The zero-order valence-corrected chi connectivity index (χ0v) is 22.5. The number of amides is 1. The molecule has 3 aromatic carbocycles. The van der Waals surface area contributed by atoms with Crippen LogP contribution in [0.2, 0.25) is 5.02 Å². The SMILES string of the molecule is Cc1ccc(S(=O)(=O)N(CC(=O)Nc2cc(-c3ccccc3)nn2-c2ccccc2Cl)CC(C)C)cc1. The molecule has 0 spiro atoms. The standard InChI is InChI=1S/C28H29ClN4O3S/c1-20(2)18-32(37(35,36)23-15-13-21(3)14-16-23)19-28(34)30-27-17-25(22-9-5-4-6-10-22)31-33(27)26-12-8-7-11-24(26)29/h4-17,20H,18-19H2,1-3H3,(H,30,34). The van der Waals surface area contributed by atoms with Gasteiger partial charge in [0.25, 0.3) is 0 Å². The number of aromatic nitrogens is 2. The van der Waals surface area contributed by atoms with E-state index < -0.39 is 15.9 Å². The maximum atomic E-state index is 13.4. The fourth-order valence-corrected chi connectivity index (χ4v) is 5.66. The van der Waals surface area contributed by atoms with Crippen LogP contribution in [0.25, 0.3) is 16.9 Å². The number of sulfonamides is 1. The first kappa shape index (κ1) is 26.6. The molecule has 1 N–H and O–H groups in total. The Morgan fingerprint density at radius 1 is 1.00 bits per heavy atom. The van der Waals surface area contributed by atoms with E-state index in [-0.39, 0.29) is 23.9 Å². The molecule has 0 radical (unpaired) electrons. The molecule has 37 heavy (non-hydrogen) atoms. The van der Waals surface area contributed by atoms with Gasteiger partial charge in [0.15, 0.2) is 0 Å². The normalized spacial score (nSPS) is 11.7. The zero-order valence-electron chi connectivity index (χ0n) is 20.9. The van der Waals surface area contributed by atoms with Crippen LogP contribution < -0.4 is 5.32 Å². The molecule has 7 nitrogen and oxygen atoms in total. The Labute approximate surface area is 222 Å². The zero-order chi connectivity index (χ0) is 26.6. The maximum Gasteiger partial charge on any atom is 0.243 e. The van der Waals surface area contributed by atoms with E-state index >= 15 is 0 Å². The molecule has 0 bridgehead atoms. The molecule has 0 aliphatic carbocycles. The van der Waals surface area contributed by atoms with Crippen LogP contribution in [0.4, 0.5) is 5.82 Å². The molecular weight excluding hydrogens is 508 g/mol. The third-order valence-electron chi connectivity index (χ3n) is 5.67. The molecule has 1 heterocycles. The van der Waals surface area contributed by atoms with Crippen LogP contribution in [0, 0.1) is 12.8 Å². The van der Waals surface area contributed by atoms with Gasteiger partial charge in [0.2, 0.25) is 15.9 Å². The summed E-state index contributed by atoms with van der Waals surface area (Å²) in [6.45, 7) is 5.56.